The lowest BCUT2D eigenvalue weighted by Gasteiger charge is -2.08. The number of carbonyl (C=O) groups is 1. The van der Waals surface area contributed by atoms with Crippen LogP contribution in [0.25, 0.3) is 0 Å². The summed E-state index contributed by atoms with van der Waals surface area (Å²) in [6.07, 6.45) is 1.13. The minimum absolute atomic E-state index is 0.0384. The summed E-state index contributed by atoms with van der Waals surface area (Å²) >= 11 is 0. The Morgan fingerprint density at radius 3 is 1.80 bits per heavy atom. The van der Waals surface area contributed by atoms with Crippen LogP contribution in [-0.2, 0) is 21.1 Å². The molecule has 0 aliphatic heterocycles. The van der Waals surface area contributed by atoms with E-state index in [-0.39, 0.29) is 5.75 Å². The van der Waals surface area contributed by atoms with Crippen LogP contribution in [0.15, 0.2) is 96.1 Å². The molecule has 0 heterocycles. The molecule has 0 fully saturated rings. The SMILES string of the molecule is O=C(CS(=O)(=O)CCCc1ccccc1)NN=C(c1ccccc1)c1ccccc1. The molecule has 5 nitrogen and oxygen atoms in total. The summed E-state index contributed by atoms with van der Waals surface area (Å²) in [5.74, 6) is -1.26. The number of aryl methyl sites for hydroxylation is 1. The van der Waals surface area contributed by atoms with Gasteiger partial charge in [0.1, 0.15) is 5.75 Å². The Bertz CT molecular complexity index is 1040. The Kier molecular flexibility index (Phi) is 7.51. The smallest absolute Gasteiger partial charge is 0.255 e. The molecular weight excluding hydrogens is 396 g/mol. The number of benzene rings is 3. The molecule has 3 aromatic rings. The lowest BCUT2D eigenvalue weighted by atomic mass is 10.0. The maximum Gasteiger partial charge on any atom is 0.255 e. The van der Waals surface area contributed by atoms with Crippen LogP contribution in [0.2, 0.25) is 0 Å². The normalized spacial score (nSPS) is 10.9. The molecule has 6 heteroatoms. The van der Waals surface area contributed by atoms with Crippen molar-refractivity contribution < 1.29 is 13.2 Å². The maximum atomic E-state index is 12.3. The topological polar surface area (TPSA) is 75.6 Å². The highest BCUT2D eigenvalue weighted by atomic mass is 32.2. The van der Waals surface area contributed by atoms with Crippen molar-refractivity contribution in [3.63, 3.8) is 0 Å². The average Bonchev–Trinajstić information content (AvgIpc) is 2.76. The van der Waals surface area contributed by atoms with E-state index < -0.39 is 21.5 Å². The average molecular weight is 421 g/mol. The van der Waals surface area contributed by atoms with Gasteiger partial charge < -0.3 is 0 Å². The zero-order valence-electron chi connectivity index (χ0n) is 16.6. The third-order valence-corrected chi connectivity index (χ3v) is 6.11. The van der Waals surface area contributed by atoms with Crippen molar-refractivity contribution in [3.05, 3.63) is 108 Å². The molecule has 0 radical (unpaired) electrons. The number of carbonyl (C=O) groups excluding carboxylic acids is 1. The van der Waals surface area contributed by atoms with E-state index >= 15 is 0 Å². The quantitative estimate of drug-likeness (QED) is 0.424. The molecule has 3 aromatic carbocycles. The van der Waals surface area contributed by atoms with Crippen LogP contribution < -0.4 is 5.43 Å². The Morgan fingerprint density at radius 2 is 1.27 bits per heavy atom. The van der Waals surface area contributed by atoms with Crippen LogP contribution in [0.4, 0.5) is 0 Å². The van der Waals surface area contributed by atoms with E-state index in [4.69, 9.17) is 0 Å². The number of nitrogens with one attached hydrogen (secondary N) is 1. The summed E-state index contributed by atoms with van der Waals surface area (Å²) in [6.45, 7) is 0. The van der Waals surface area contributed by atoms with Crippen LogP contribution >= 0.6 is 0 Å². The standard InChI is InChI=1S/C24H24N2O3S/c27-23(19-30(28,29)18-10-13-20-11-4-1-5-12-20)25-26-24(21-14-6-2-7-15-21)22-16-8-3-9-17-22/h1-9,11-12,14-17H,10,13,18-19H2,(H,25,27). The Labute approximate surface area is 177 Å². The molecule has 0 saturated heterocycles. The monoisotopic (exact) mass is 420 g/mol. The van der Waals surface area contributed by atoms with E-state index in [9.17, 15) is 13.2 Å². The van der Waals surface area contributed by atoms with Crippen LogP contribution in [0.3, 0.4) is 0 Å². The minimum Gasteiger partial charge on any atom is -0.272 e. The number of hydrazone groups is 1. The number of amides is 1. The molecule has 0 atom stereocenters. The highest BCUT2D eigenvalue weighted by molar-refractivity contribution is 7.92. The molecule has 0 spiro atoms. The zero-order valence-corrected chi connectivity index (χ0v) is 17.4. The molecule has 0 aliphatic carbocycles. The summed E-state index contributed by atoms with van der Waals surface area (Å²) in [7, 11) is -3.51. The van der Waals surface area contributed by atoms with Gasteiger partial charge in [-0.2, -0.15) is 5.10 Å². The van der Waals surface area contributed by atoms with Gasteiger partial charge in [-0.25, -0.2) is 13.8 Å². The van der Waals surface area contributed by atoms with Crippen molar-refractivity contribution in [1.82, 2.24) is 5.43 Å². The molecule has 154 valence electrons. The number of hydrogen-bond donors (Lipinski definition) is 1. The van der Waals surface area contributed by atoms with Crippen molar-refractivity contribution in [2.45, 2.75) is 12.8 Å². The predicted molar refractivity (Wildman–Crippen MR) is 120 cm³/mol. The van der Waals surface area contributed by atoms with Crippen molar-refractivity contribution in [2.75, 3.05) is 11.5 Å². The van der Waals surface area contributed by atoms with Gasteiger partial charge in [0.15, 0.2) is 9.84 Å². The molecule has 3 rings (SSSR count). The van der Waals surface area contributed by atoms with Crippen molar-refractivity contribution in [2.24, 2.45) is 5.10 Å². The second kappa shape index (κ2) is 10.5. The Morgan fingerprint density at radius 1 is 0.767 bits per heavy atom. The third-order valence-electron chi connectivity index (χ3n) is 4.50. The van der Waals surface area contributed by atoms with Gasteiger partial charge in [0.2, 0.25) is 0 Å². The summed E-state index contributed by atoms with van der Waals surface area (Å²) in [5.41, 5.74) is 5.73. The predicted octanol–water partition coefficient (Wildman–Crippen LogP) is 3.60. The molecule has 30 heavy (non-hydrogen) atoms. The summed E-state index contributed by atoms with van der Waals surface area (Å²) in [5, 5.41) is 4.23. The second-order valence-electron chi connectivity index (χ2n) is 6.91. The lowest BCUT2D eigenvalue weighted by Crippen LogP contribution is -2.29. The molecule has 0 bridgehead atoms. The third kappa shape index (κ3) is 6.67. The fourth-order valence-corrected chi connectivity index (χ4v) is 4.24. The van der Waals surface area contributed by atoms with Gasteiger partial charge in [-0.3, -0.25) is 4.79 Å². The summed E-state index contributed by atoms with van der Waals surface area (Å²) in [6, 6.07) is 28.6. The first-order valence-electron chi connectivity index (χ1n) is 9.75. The van der Waals surface area contributed by atoms with Gasteiger partial charge in [-0.15, -0.1) is 0 Å². The molecule has 0 saturated carbocycles. The van der Waals surface area contributed by atoms with Gasteiger partial charge in [-0.1, -0.05) is 91.0 Å². The first-order valence-corrected chi connectivity index (χ1v) is 11.6. The van der Waals surface area contributed by atoms with Gasteiger partial charge >= 0.3 is 0 Å². The van der Waals surface area contributed by atoms with Crippen LogP contribution in [0.5, 0.6) is 0 Å². The number of sulfone groups is 1. The van der Waals surface area contributed by atoms with Crippen molar-refractivity contribution >= 4 is 21.5 Å². The molecule has 1 amide bonds. The number of hydrogen-bond acceptors (Lipinski definition) is 4. The van der Waals surface area contributed by atoms with E-state index in [2.05, 4.69) is 10.5 Å². The molecule has 0 aromatic heterocycles. The van der Waals surface area contributed by atoms with Gasteiger partial charge in [0, 0.05) is 11.1 Å². The van der Waals surface area contributed by atoms with Crippen LogP contribution in [-0.4, -0.2) is 31.5 Å². The molecule has 0 unspecified atom stereocenters. The van der Waals surface area contributed by atoms with E-state index in [1.165, 1.54) is 0 Å². The number of rotatable bonds is 9. The zero-order chi connectivity index (χ0) is 21.2. The fraction of sp³-hybridized carbons (Fsp3) is 0.167. The van der Waals surface area contributed by atoms with Gasteiger partial charge in [-0.05, 0) is 18.4 Å². The molecular formula is C24H24N2O3S. The summed E-state index contributed by atoms with van der Waals surface area (Å²) in [4.78, 5) is 12.3. The van der Waals surface area contributed by atoms with Gasteiger partial charge in [0.25, 0.3) is 5.91 Å². The van der Waals surface area contributed by atoms with Crippen LogP contribution in [0, 0.1) is 0 Å². The van der Waals surface area contributed by atoms with E-state index in [1.807, 2.05) is 91.0 Å². The van der Waals surface area contributed by atoms with E-state index in [0.717, 1.165) is 16.7 Å². The van der Waals surface area contributed by atoms with E-state index in [1.54, 1.807) is 0 Å². The summed E-state index contributed by atoms with van der Waals surface area (Å²) < 4.78 is 24.6. The Hall–Kier alpha value is -3.25. The highest BCUT2D eigenvalue weighted by Crippen LogP contribution is 2.10. The minimum atomic E-state index is -3.51. The van der Waals surface area contributed by atoms with Gasteiger partial charge in [0.05, 0.1) is 11.5 Å². The highest BCUT2D eigenvalue weighted by Gasteiger charge is 2.17. The van der Waals surface area contributed by atoms with Crippen molar-refractivity contribution in [3.8, 4) is 0 Å². The fourth-order valence-electron chi connectivity index (χ4n) is 3.05. The van der Waals surface area contributed by atoms with Crippen molar-refractivity contribution in [1.29, 1.82) is 0 Å². The molecule has 0 aliphatic rings. The van der Waals surface area contributed by atoms with Crippen LogP contribution in [0.1, 0.15) is 23.1 Å². The second-order valence-corrected chi connectivity index (χ2v) is 9.09. The van der Waals surface area contributed by atoms with E-state index in [0.29, 0.717) is 18.6 Å². The largest absolute Gasteiger partial charge is 0.272 e. The lowest BCUT2D eigenvalue weighted by molar-refractivity contribution is -0.118. The Balaban J connectivity index is 1.62. The molecule has 1 N–H and O–H groups in total. The first kappa shape index (κ1) is 21.5. The first-order chi connectivity index (χ1) is 14.5. The number of nitrogens with zero attached hydrogens (tertiary/aromatic N) is 1. The maximum absolute atomic E-state index is 12.3.